The average molecular weight is 470 g/mol. The molecule has 4 aromatic rings. The van der Waals surface area contributed by atoms with Gasteiger partial charge in [-0.05, 0) is 42.0 Å². The first-order valence-corrected chi connectivity index (χ1v) is 11.7. The van der Waals surface area contributed by atoms with Crippen LogP contribution in [0.1, 0.15) is 15.9 Å². The number of carbonyl (C=O) groups excluding carboxylic acids is 1. The number of hydrogen-bond acceptors (Lipinski definition) is 5. The van der Waals surface area contributed by atoms with Crippen molar-refractivity contribution in [2.45, 2.75) is 6.54 Å². The molecule has 6 rings (SSSR count). The number of aromatic nitrogens is 1. The van der Waals surface area contributed by atoms with Crippen LogP contribution in [0, 0.1) is 5.82 Å². The summed E-state index contributed by atoms with van der Waals surface area (Å²) in [5.74, 6) is 1.16. The Morgan fingerprint density at radius 3 is 2.51 bits per heavy atom. The minimum absolute atomic E-state index is 0.0519. The van der Waals surface area contributed by atoms with Gasteiger partial charge < -0.3 is 14.4 Å². The van der Waals surface area contributed by atoms with Crippen molar-refractivity contribution in [1.29, 1.82) is 0 Å². The lowest BCUT2D eigenvalue weighted by Gasteiger charge is -2.35. The molecule has 0 N–H and O–H groups in total. The van der Waals surface area contributed by atoms with Crippen LogP contribution >= 0.6 is 0 Å². The fourth-order valence-corrected chi connectivity index (χ4v) is 4.74. The number of nitrogens with zero attached hydrogens (tertiary/aromatic N) is 3. The van der Waals surface area contributed by atoms with Crippen molar-refractivity contribution < 1.29 is 18.7 Å². The second-order valence-corrected chi connectivity index (χ2v) is 8.81. The van der Waals surface area contributed by atoms with E-state index < -0.39 is 0 Å². The molecule has 0 saturated carbocycles. The van der Waals surface area contributed by atoms with E-state index in [-0.39, 0.29) is 18.5 Å². The summed E-state index contributed by atoms with van der Waals surface area (Å²) in [6.07, 6.45) is 0. The predicted molar refractivity (Wildman–Crippen MR) is 131 cm³/mol. The lowest BCUT2D eigenvalue weighted by molar-refractivity contribution is 0.0630. The van der Waals surface area contributed by atoms with Crippen molar-refractivity contribution in [3.63, 3.8) is 0 Å². The van der Waals surface area contributed by atoms with Gasteiger partial charge >= 0.3 is 0 Å². The molecule has 0 bridgehead atoms. The molecule has 0 atom stereocenters. The Labute approximate surface area is 202 Å². The summed E-state index contributed by atoms with van der Waals surface area (Å²) in [5, 5.41) is 0.778. The highest BCUT2D eigenvalue weighted by Gasteiger charge is 2.25. The van der Waals surface area contributed by atoms with Gasteiger partial charge in [0.2, 0.25) is 6.79 Å². The van der Waals surface area contributed by atoms with Crippen LogP contribution in [0.15, 0.2) is 72.8 Å². The Hall–Kier alpha value is -3.97. The second kappa shape index (κ2) is 9.00. The highest BCUT2D eigenvalue weighted by molar-refractivity contribution is 6.07. The molecule has 3 aromatic carbocycles. The minimum atomic E-state index is -0.356. The summed E-state index contributed by atoms with van der Waals surface area (Å²) in [5.41, 5.74) is 3.24. The van der Waals surface area contributed by atoms with Gasteiger partial charge in [-0.15, -0.1) is 0 Å². The number of pyridine rings is 1. The highest BCUT2D eigenvalue weighted by atomic mass is 19.1. The van der Waals surface area contributed by atoms with E-state index in [1.807, 2.05) is 41.3 Å². The van der Waals surface area contributed by atoms with E-state index in [1.165, 1.54) is 6.07 Å². The van der Waals surface area contributed by atoms with Crippen molar-refractivity contribution in [2.75, 3.05) is 33.0 Å². The van der Waals surface area contributed by atoms with Gasteiger partial charge in [0.1, 0.15) is 5.82 Å². The molecule has 0 aliphatic carbocycles. The summed E-state index contributed by atoms with van der Waals surface area (Å²) in [4.78, 5) is 22.5. The zero-order chi connectivity index (χ0) is 23.8. The number of para-hydroxylation sites is 1. The zero-order valence-corrected chi connectivity index (χ0v) is 19.1. The Kier molecular flexibility index (Phi) is 5.54. The molecule has 0 unspecified atom stereocenters. The molecule has 1 fully saturated rings. The van der Waals surface area contributed by atoms with E-state index in [2.05, 4.69) is 16.0 Å². The normalized spacial score (nSPS) is 15.5. The first-order valence-electron chi connectivity index (χ1n) is 11.7. The number of benzene rings is 3. The zero-order valence-electron chi connectivity index (χ0n) is 19.1. The Morgan fingerprint density at radius 2 is 1.66 bits per heavy atom. The van der Waals surface area contributed by atoms with Gasteiger partial charge in [0.05, 0.1) is 16.8 Å². The molecule has 2 aliphatic rings. The van der Waals surface area contributed by atoms with Crippen molar-refractivity contribution >= 4 is 16.8 Å². The van der Waals surface area contributed by atoms with Gasteiger partial charge in [0.15, 0.2) is 11.5 Å². The van der Waals surface area contributed by atoms with E-state index >= 15 is 0 Å². The Bertz CT molecular complexity index is 1420. The number of hydrogen-bond donors (Lipinski definition) is 0. The van der Waals surface area contributed by atoms with Crippen LogP contribution in [0.25, 0.3) is 22.2 Å². The van der Waals surface area contributed by atoms with E-state index in [4.69, 9.17) is 9.47 Å². The number of piperazine rings is 1. The summed E-state index contributed by atoms with van der Waals surface area (Å²) in [6.45, 7) is 3.83. The molecule has 6 nitrogen and oxygen atoms in total. The van der Waals surface area contributed by atoms with Crippen LogP contribution in [0.5, 0.6) is 11.5 Å². The van der Waals surface area contributed by atoms with Crippen molar-refractivity contribution in [2.24, 2.45) is 0 Å². The number of fused-ring (bicyclic) bond motifs is 2. The maximum atomic E-state index is 14.5. The largest absolute Gasteiger partial charge is 0.454 e. The molecular weight excluding hydrogens is 445 g/mol. The molecule has 0 spiro atoms. The van der Waals surface area contributed by atoms with Gasteiger partial charge in [-0.25, -0.2) is 9.37 Å². The maximum absolute atomic E-state index is 14.5. The van der Waals surface area contributed by atoms with Crippen molar-refractivity contribution in [1.82, 2.24) is 14.8 Å². The predicted octanol–water partition coefficient (Wildman–Crippen LogP) is 4.73. The standard InChI is InChI=1S/C28H24FN3O3/c29-23-7-3-1-6-21(23)25-16-22(20-5-2-4-8-24(20)30-25)28(33)32-13-11-31(12-14-32)17-19-9-10-26-27(15-19)35-18-34-26/h1-10,15-16H,11-14,17-18H2. The number of ether oxygens (including phenoxy) is 2. The number of carbonyl (C=O) groups is 1. The lowest BCUT2D eigenvalue weighted by Crippen LogP contribution is -2.48. The summed E-state index contributed by atoms with van der Waals surface area (Å²) in [7, 11) is 0. The fraction of sp³-hybridized carbons (Fsp3) is 0.214. The average Bonchev–Trinajstić information content (AvgIpc) is 3.36. The number of halogens is 1. The topological polar surface area (TPSA) is 54.9 Å². The molecule has 7 heteroatoms. The van der Waals surface area contributed by atoms with Crippen LogP contribution in [0.4, 0.5) is 4.39 Å². The third kappa shape index (κ3) is 4.19. The molecule has 0 radical (unpaired) electrons. The quantitative estimate of drug-likeness (QED) is 0.433. The fourth-order valence-electron chi connectivity index (χ4n) is 4.74. The highest BCUT2D eigenvalue weighted by Crippen LogP contribution is 2.33. The van der Waals surface area contributed by atoms with E-state index in [0.29, 0.717) is 35.4 Å². The number of amides is 1. The monoisotopic (exact) mass is 469 g/mol. The van der Waals surface area contributed by atoms with Crippen molar-refractivity contribution in [3.05, 3.63) is 89.7 Å². The molecule has 1 saturated heterocycles. The van der Waals surface area contributed by atoms with Crippen LogP contribution in [0.3, 0.4) is 0 Å². The number of rotatable bonds is 4. The van der Waals surface area contributed by atoms with Crippen LogP contribution in [-0.4, -0.2) is 53.7 Å². The summed E-state index contributed by atoms with van der Waals surface area (Å²) in [6, 6.07) is 21.8. The molecule has 3 heterocycles. The van der Waals surface area contributed by atoms with E-state index in [0.717, 1.165) is 42.1 Å². The first kappa shape index (κ1) is 21.6. The third-order valence-corrected chi connectivity index (χ3v) is 6.60. The lowest BCUT2D eigenvalue weighted by atomic mass is 10.0. The van der Waals surface area contributed by atoms with Gasteiger partial charge in [-0.2, -0.15) is 0 Å². The van der Waals surface area contributed by atoms with Crippen LogP contribution < -0.4 is 9.47 Å². The van der Waals surface area contributed by atoms with E-state index in [1.54, 1.807) is 24.3 Å². The summed E-state index contributed by atoms with van der Waals surface area (Å²) >= 11 is 0. The third-order valence-electron chi connectivity index (χ3n) is 6.60. The van der Waals surface area contributed by atoms with Gasteiger partial charge in [-0.1, -0.05) is 36.4 Å². The SMILES string of the molecule is O=C(c1cc(-c2ccccc2F)nc2ccccc12)N1CCN(Cc2ccc3c(c2)OCO3)CC1. The molecular formula is C28H24FN3O3. The molecule has 1 aromatic heterocycles. The van der Waals surface area contributed by atoms with Gasteiger partial charge in [0.25, 0.3) is 5.91 Å². The van der Waals surface area contributed by atoms with Crippen LogP contribution in [-0.2, 0) is 6.54 Å². The Morgan fingerprint density at radius 1 is 0.886 bits per heavy atom. The van der Waals surface area contributed by atoms with Crippen molar-refractivity contribution in [3.8, 4) is 22.8 Å². The molecule has 1 amide bonds. The van der Waals surface area contributed by atoms with Gasteiger partial charge in [-0.3, -0.25) is 9.69 Å². The molecule has 176 valence electrons. The summed E-state index contributed by atoms with van der Waals surface area (Å²) < 4.78 is 25.4. The minimum Gasteiger partial charge on any atom is -0.454 e. The molecule has 35 heavy (non-hydrogen) atoms. The maximum Gasteiger partial charge on any atom is 0.254 e. The van der Waals surface area contributed by atoms with Crippen LogP contribution in [0.2, 0.25) is 0 Å². The molecule has 2 aliphatic heterocycles. The smallest absolute Gasteiger partial charge is 0.254 e. The van der Waals surface area contributed by atoms with Gasteiger partial charge in [0, 0.05) is 43.7 Å². The second-order valence-electron chi connectivity index (χ2n) is 8.81. The Balaban J connectivity index is 1.21. The van der Waals surface area contributed by atoms with E-state index in [9.17, 15) is 9.18 Å². The first-order chi connectivity index (χ1) is 17.2.